The Balaban J connectivity index is 1.47. The summed E-state index contributed by atoms with van der Waals surface area (Å²) in [6, 6.07) is 18.8. The molecule has 0 amide bonds. The van der Waals surface area contributed by atoms with Gasteiger partial charge >= 0.3 is 5.97 Å². The molecule has 0 bridgehead atoms. The van der Waals surface area contributed by atoms with E-state index in [2.05, 4.69) is 58.5 Å². The summed E-state index contributed by atoms with van der Waals surface area (Å²) in [7, 11) is 0. The van der Waals surface area contributed by atoms with Gasteiger partial charge in [0.2, 0.25) is 0 Å². The number of hydrogen-bond donors (Lipinski definition) is 1. The number of aryl methyl sites for hydroxylation is 1. The van der Waals surface area contributed by atoms with Crippen molar-refractivity contribution in [3.05, 3.63) is 66.4 Å². The quantitative estimate of drug-likeness (QED) is 0.380. The topological polar surface area (TPSA) is 52.5 Å². The Morgan fingerprint density at radius 3 is 2.59 bits per heavy atom. The lowest BCUT2D eigenvalue weighted by molar-refractivity contribution is -0.156. The summed E-state index contributed by atoms with van der Waals surface area (Å²) in [5.74, 6) is -0.297. The van der Waals surface area contributed by atoms with Crippen LogP contribution in [0, 0.1) is 0 Å². The fraction of sp³-hybridized carbons (Fsp3) is 0.375. The lowest BCUT2D eigenvalue weighted by Crippen LogP contribution is -2.28. The van der Waals surface area contributed by atoms with Crippen LogP contribution >= 0.6 is 0 Å². The summed E-state index contributed by atoms with van der Waals surface area (Å²) in [5.41, 5.74) is 3.42. The van der Waals surface area contributed by atoms with Crippen LogP contribution in [0.15, 0.2) is 60.8 Å². The number of hydrogen-bond acceptors (Lipinski definition) is 4. The van der Waals surface area contributed by atoms with Crippen LogP contribution in [0.3, 0.4) is 0 Å². The smallest absolute Gasteiger partial charge is 0.335 e. The van der Waals surface area contributed by atoms with Crippen molar-refractivity contribution in [3.63, 3.8) is 0 Å². The minimum absolute atomic E-state index is 0.297. The molecule has 154 valence electrons. The Kier molecular flexibility index (Phi) is 7.70. The molecule has 0 spiro atoms. The maximum atomic E-state index is 12.0. The summed E-state index contributed by atoms with van der Waals surface area (Å²) in [4.78, 5) is 12.0. The van der Waals surface area contributed by atoms with Gasteiger partial charge in [0.1, 0.15) is 0 Å². The first-order valence-electron chi connectivity index (χ1n) is 10.4. The van der Waals surface area contributed by atoms with E-state index < -0.39 is 6.10 Å². The molecule has 3 rings (SSSR count). The molecular weight excluding hydrogens is 364 g/mol. The number of esters is 1. The van der Waals surface area contributed by atoms with Crippen LogP contribution < -0.4 is 5.32 Å². The van der Waals surface area contributed by atoms with E-state index in [4.69, 9.17) is 9.47 Å². The molecular formula is C24H30N2O3. The van der Waals surface area contributed by atoms with Crippen LogP contribution in [0.25, 0.3) is 10.9 Å². The van der Waals surface area contributed by atoms with Gasteiger partial charge in [-0.25, -0.2) is 4.79 Å². The average molecular weight is 395 g/mol. The second kappa shape index (κ2) is 10.7. The van der Waals surface area contributed by atoms with Crippen molar-refractivity contribution in [1.29, 1.82) is 0 Å². The third kappa shape index (κ3) is 5.84. The molecule has 1 unspecified atom stereocenters. The average Bonchev–Trinajstić information content (AvgIpc) is 3.15. The molecule has 0 aliphatic carbocycles. The summed E-state index contributed by atoms with van der Waals surface area (Å²) in [6.45, 7) is 6.42. The zero-order chi connectivity index (χ0) is 20.5. The molecule has 3 aromatic rings. The highest BCUT2D eigenvalue weighted by atomic mass is 16.6. The third-order valence-electron chi connectivity index (χ3n) is 4.88. The van der Waals surface area contributed by atoms with Gasteiger partial charge in [-0.2, -0.15) is 0 Å². The van der Waals surface area contributed by atoms with Gasteiger partial charge in [-0.1, -0.05) is 30.3 Å². The third-order valence-corrected chi connectivity index (χ3v) is 4.88. The van der Waals surface area contributed by atoms with Crippen molar-refractivity contribution < 1.29 is 14.3 Å². The Bertz CT molecular complexity index is 902. The van der Waals surface area contributed by atoms with Gasteiger partial charge in [-0.15, -0.1) is 0 Å². The zero-order valence-corrected chi connectivity index (χ0v) is 17.3. The monoisotopic (exact) mass is 394 g/mol. The lowest BCUT2D eigenvalue weighted by atomic mass is 10.1. The van der Waals surface area contributed by atoms with E-state index in [0.717, 1.165) is 30.8 Å². The first-order chi connectivity index (χ1) is 14.2. The number of nitrogens with zero attached hydrogens (tertiary/aromatic N) is 1. The minimum Gasteiger partial charge on any atom is -0.464 e. The number of fused-ring (bicyclic) bond motifs is 1. The Hall–Kier alpha value is -2.79. The van der Waals surface area contributed by atoms with Crippen LogP contribution in [0.5, 0.6) is 0 Å². The van der Waals surface area contributed by atoms with Gasteiger partial charge in [-0.3, -0.25) is 0 Å². The van der Waals surface area contributed by atoms with E-state index in [1.165, 1.54) is 10.9 Å². The van der Waals surface area contributed by atoms with E-state index >= 15 is 0 Å². The molecule has 5 nitrogen and oxygen atoms in total. The number of anilines is 1. The maximum absolute atomic E-state index is 12.0. The molecule has 0 saturated carbocycles. The van der Waals surface area contributed by atoms with Gasteiger partial charge in [-0.05, 0) is 55.5 Å². The van der Waals surface area contributed by atoms with Gasteiger partial charge in [0.25, 0.3) is 0 Å². The molecule has 0 aliphatic rings. The van der Waals surface area contributed by atoms with E-state index in [-0.39, 0.29) is 5.97 Å². The first kappa shape index (κ1) is 20.9. The number of ether oxygens (including phenoxy) is 2. The number of rotatable bonds is 11. The maximum Gasteiger partial charge on any atom is 0.335 e. The van der Waals surface area contributed by atoms with Crippen LogP contribution in [0.4, 0.5) is 5.69 Å². The fourth-order valence-electron chi connectivity index (χ4n) is 3.44. The van der Waals surface area contributed by atoms with Gasteiger partial charge in [0.05, 0.1) is 6.61 Å². The molecule has 29 heavy (non-hydrogen) atoms. The number of carbonyl (C=O) groups excluding carboxylic acids is 1. The normalized spacial score (nSPS) is 12.1. The van der Waals surface area contributed by atoms with E-state index in [1.54, 1.807) is 6.92 Å². The summed E-state index contributed by atoms with van der Waals surface area (Å²) < 4.78 is 12.9. The van der Waals surface area contributed by atoms with Crippen LogP contribution in [-0.4, -0.2) is 36.4 Å². The number of para-hydroxylation sites is 1. The van der Waals surface area contributed by atoms with E-state index in [0.29, 0.717) is 19.6 Å². The molecule has 0 aliphatic heterocycles. The standard InChI is InChI=1S/C24H30N2O3/c1-3-28-23(24(27)29-4-2)18-19-10-12-21(13-11-19)25-15-7-16-26-17-14-20-8-5-6-9-22(20)26/h5-6,8-14,17,23,25H,3-4,7,15-16,18H2,1-2H3. The summed E-state index contributed by atoms with van der Waals surface area (Å²) >= 11 is 0. The van der Waals surface area contributed by atoms with Crippen LogP contribution in [0.1, 0.15) is 25.8 Å². The molecule has 0 radical (unpaired) electrons. The predicted molar refractivity (Wildman–Crippen MR) is 117 cm³/mol. The van der Waals surface area contributed by atoms with Crippen LogP contribution in [-0.2, 0) is 27.2 Å². The summed E-state index contributed by atoms with van der Waals surface area (Å²) in [6.07, 6.45) is 3.16. The van der Waals surface area contributed by atoms with Gasteiger partial charge in [0, 0.05) is 43.5 Å². The van der Waals surface area contributed by atoms with Crippen LogP contribution in [0.2, 0.25) is 0 Å². The molecule has 5 heteroatoms. The van der Waals surface area contributed by atoms with E-state index in [1.807, 2.05) is 19.1 Å². The molecule has 0 fully saturated rings. The zero-order valence-electron chi connectivity index (χ0n) is 17.3. The second-order valence-electron chi connectivity index (χ2n) is 6.95. The van der Waals surface area contributed by atoms with Crippen molar-refractivity contribution in [3.8, 4) is 0 Å². The first-order valence-corrected chi connectivity index (χ1v) is 10.4. The number of carbonyl (C=O) groups is 1. The van der Waals surface area contributed by atoms with Gasteiger partial charge < -0.3 is 19.4 Å². The van der Waals surface area contributed by atoms with Crippen molar-refractivity contribution in [1.82, 2.24) is 4.57 Å². The molecule has 1 aromatic heterocycles. The molecule has 1 N–H and O–H groups in total. The number of aromatic nitrogens is 1. The fourth-order valence-corrected chi connectivity index (χ4v) is 3.44. The second-order valence-corrected chi connectivity index (χ2v) is 6.95. The highest BCUT2D eigenvalue weighted by Gasteiger charge is 2.20. The molecule has 1 atom stereocenters. The molecule has 1 heterocycles. The minimum atomic E-state index is -0.546. The predicted octanol–water partition coefficient (Wildman–Crippen LogP) is 4.65. The number of benzene rings is 2. The Morgan fingerprint density at radius 2 is 1.83 bits per heavy atom. The largest absolute Gasteiger partial charge is 0.464 e. The summed E-state index contributed by atoms with van der Waals surface area (Å²) in [5, 5.41) is 4.75. The van der Waals surface area contributed by atoms with Gasteiger partial charge in [0.15, 0.2) is 6.10 Å². The van der Waals surface area contributed by atoms with Crippen molar-refractivity contribution in [2.75, 3.05) is 25.1 Å². The van der Waals surface area contributed by atoms with Crippen molar-refractivity contribution >= 4 is 22.6 Å². The van der Waals surface area contributed by atoms with E-state index in [9.17, 15) is 4.79 Å². The Labute approximate surface area is 172 Å². The highest BCUT2D eigenvalue weighted by Crippen LogP contribution is 2.16. The Morgan fingerprint density at radius 1 is 1.03 bits per heavy atom. The van der Waals surface area contributed by atoms with Crippen molar-refractivity contribution in [2.45, 2.75) is 39.3 Å². The molecule has 2 aromatic carbocycles. The SMILES string of the molecule is CCOC(=O)C(Cc1ccc(NCCCn2ccc3ccccc32)cc1)OCC. The highest BCUT2D eigenvalue weighted by molar-refractivity contribution is 5.79. The molecule has 0 saturated heterocycles. The van der Waals surface area contributed by atoms with Crippen molar-refractivity contribution in [2.24, 2.45) is 0 Å². The lowest BCUT2D eigenvalue weighted by Gasteiger charge is -2.16. The number of nitrogens with one attached hydrogen (secondary N) is 1.